The number of ether oxygens (including phenoxy) is 1. The van der Waals surface area contributed by atoms with Gasteiger partial charge in [-0.3, -0.25) is 4.79 Å². The van der Waals surface area contributed by atoms with E-state index in [0.29, 0.717) is 5.69 Å². The van der Waals surface area contributed by atoms with Crippen molar-refractivity contribution in [2.45, 2.75) is 6.92 Å². The molecule has 5 heteroatoms. The van der Waals surface area contributed by atoms with Gasteiger partial charge < -0.3 is 20.1 Å². The molecule has 0 atom stereocenters. The molecule has 3 rings (SSSR count). The summed E-state index contributed by atoms with van der Waals surface area (Å²) in [5, 5.41) is 12.7. The summed E-state index contributed by atoms with van der Waals surface area (Å²) >= 11 is 0. The largest absolute Gasteiger partial charge is 0.507 e. The molecule has 0 spiro atoms. The number of hydrogen-bond acceptors (Lipinski definition) is 4. The van der Waals surface area contributed by atoms with Crippen LogP contribution in [0.4, 0.5) is 11.4 Å². The number of carbonyl (C=O) groups is 1. The molecular formula is C18H20N2O3. The van der Waals surface area contributed by atoms with E-state index >= 15 is 0 Å². The zero-order valence-corrected chi connectivity index (χ0v) is 13.1. The summed E-state index contributed by atoms with van der Waals surface area (Å²) in [6.07, 6.45) is 0. The molecule has 2 N–H and O–H groups in total. The number of carbonyl (C=O) groups excluding carboxylic acids is 1. The first-order valence-electron chi connectivity index (χ1n) is 7.67. The average molecular weight is 312 g/mol. The van der Waals surface area contributed by atoms with Crippen LogP contribution in [-0.2, 0) is 4.74 Å². The fourth-order valence-corrected chi connectivity index (χ4v) is 2.61. The minimum Gasteiger partial charge on any atom is -0.507 e. The maximum absolute atomic E-state index is 12.2. The first-order chi connectivity index (χ1) is 11.1. The van der Waals surface area contributed by atoms with Crippen molar-refractivity contribution in [1.29, 1.82) is 0 Å². The van der Waals surface area contributed by atoms with Gasteiger partial charge in [0.15, 0.2) is 0 Å². The SMILES string of the molecule is Cc1ccc(C(=O)Nc2ccc(N3CCOCC3)cc2)c(O)c1. The Kier molecular flexibility index (Phi) is 4.48. The molecule has 2 aromatic rings. The number of nitrogens with zero attached hydrogens (tertiary/aromatic N) is 1. The summed E-state index contributed by atoms with van der Waals surface area (Å²) in [7, 11) is 0. The first-order valence-corrected chi connectivity index (χ1v) is 7.67. The maximum Gasteiger partial charge on any atom is 0.259 e. The van der Waals surface area contributed by atoms with Crippen molar-refractivity contribution < 1.29 is 14.6 Å². The van der Waals surface area contributed by atoms with Gasteiger partial charge in [-0.25, -0.2) is 0 Å². The molecule has 0 unspecified atom stereocenters. The van der Waals surface area contributed by atoms with Gasteiger partial charge in [-0.2, -0.15) is 0 Å². The van der Waals surface area contributed by atoms with Crippen LogP contribution < -0.4 is 10.2 Å². The zero-order valence-electron chi connectivity index (χ0n) is 13.1. The van der Waals surface area contributed by atoms with Crippen molar-refractivity contribution in [2.75, 3.05) is 36.5 Å². The third kappa shape index (κ3) is 3.63. The van der Waals surface area contributed by atoms with E-state index in [1.165, 1.54) is 0 Å². The highest BCUT2D eigenvalue weighted by atomic mass is 16.5. The molecular weight excluding hydrogens is 292 g/mol. The predicted octanol–water partition coefficient (Wildman–Crippen LogP) is 2.79. The van der Waals surface area contributed by atoms with Gasteiger partial charge in [-0.05, 0) is 48.9 Å². The van der Waals surface area contributed by atoms with E-state index in [-0.39, 0.29) is 17.2 Å². The summed E-state index contributed by atoms with van der Waals surface area (Å²) in [6, 6.07) is 12.7. The molecule has 1 aliphatic rings. The number of phenolic OH excluding ortho intramolecular Hbond substituents is 1. The van der Waals surface area contributed by atoms with Crippen molar-refractivity contribution >= 4 is 17.3 Å². The Balaban J connectivity index is 1.69. The van der Waals surface area contributed by atoms with E-state index in [1.807, 2.05) is 31.2 Å². The van der Waals surface area contributed by atoms with Crippen molar-refractivity contribution in [3.63, 3.8) is 0 Å². The predicted molar refractivity (Wildman–Crippen MR) is 90.3 cm³/mol. The molecule has 0 bridgehead atoms. The number of phenols is 1. The molecule has 1 aliphatic heterocycles. The molecule has 5 nitrogen and oxygen atoms in total. The topological polar surface area (TPSA) is 61.8 Å². The summed E-state index contributed by atoms with van der Waals surface area (Å²) in [5.41, 5.74) is 3.00. The summed E-state index contributed by atoms with van der Waals surface area (Å²) in [5.74, 6) is -0.325. The van der Waals surface area contributed by atoms with Gasteiger partial charge in [0.25, 0.3) is 5.91 Å². The Morgan fingerprint density at radius 1 is 1.13 bits per heavy atom. The second-order valence-corrected chi connectivity index (χ2v) is 5.62. The number of hydrogen-bond donors (Lipinski definition) is 2. The maximum atomic E-state index is 12.2. The van der Waals surface area contributed by atoms with Gasteiger partial charge in [0.05, 0.1) is 18.8 Å². The molecule has 0 saturated carbocycles. The van der Waals surface area contributed by atoms with Gasteiger partial charge in [0.1, 0.15) is 5.75 Å². The third-order valence-corrected chi connectivity index (χ3v) is 3.90. The van der Waals surface area contributed by atoms with Crippen LogP contribution in [0.3, 0.4) is 0 Å². The van der Waals surface area contributed by atoms with Crippen molar-refractivity contribution in [3.05, 3.63) is 53.6 Å². The molecule has 1 saturated heterocycles. The first kappa shape index (κ1) is 15.4. The second kappa shape index (κ2) is 6.71. The number of amides is 1. The lowest BCUT2D eigenvalue weighted by molar-refractivity contribution is 0.102. The van der Waals surface area contributed by atoms with Crippen LogP contribution in [0.1, 0.15) is 15.9 Å². The lowest BCUT2D eigenvalue weighted by Crippen LogP contribution is -2.36. The highest BCUT2D eigenvalue weighted by Crippen LogP contribution is 2.22. The number of nitrogens with one attached hydrogen (secondary N) is 1. The van der Waals surface area contributed by atoms with Crippen LogP contribution in [-0.4, -0.2) is 37.3 Å². The smallest absolute Gasteiger partial charge is 0.259 e. The third-order valence-electron chi connectivity index (χ3n) is 3.90. The summed E-state index contributed by atoms with van der Waals surface area (Å²) in [4.78, 5) is 14.5. The Morgan fingerprint density at radius 2 is 1.83 bits per heavy atom. The van der Waals surface area contributed by atoms with Crippen molar-refractivity contribution in [1.82, 2.24) is 0 Å². The Morgan fingerprint density at radius 3 is 2.48 bits per heavy atom. The van der Waals surface area contributed by atoms with Crippen LogP contribution in [0.2, 0.25) is 0 Å². The lowest BCUT2D eigenvalue weighted by Gasteiger charge is -2.28. The zero-order chi connectivity index (χ0) is 16.2. The molecule has 1 fully saturated rings. The van der Waals surface area contributed by atoms with Crippen LogP contribution in [0.25, 0.3) is 0 Å². The minimum absolute atomic E-state index is 0.00700. The van der Waals surface area contributed by atoms with Crippen LogP contribution >= 0.6 is 0 Å². The van der Waals surface area contributed by atoms with Crippen LogP contribution in [0.5, 0.6) is 5.75 Å². The van der Waals surface area contributed by atoms with Gasteiger partial charge in [0.2, 0.25) is 0 Å². The lowest BCUT2D eigenvalue weighted by atomic mass is 10.1. The molecule has 0 radical (unpaired) electrons. The van der Waals surface area contributed by atoms with E-state index in [0.717, 1.165) is 37.6 Å². The van der Waals surface area contributed by atoms with Crippen molar-refractivity contribution in [2.24, 2.45) is 0 Å². The highest BCUT2D eigenvalue weighted by molar-refractivity contribution is 6.06. The fourth-order valence-electron chi connectivity index (χ4n) is 2.61. The quantitative estimate of drug-likeness (QED) is 0.915. The van der Waals surface area contributed by atoms with E-state index in [4.69, 9.17) is 4.74 Å². The molecule has 120 valence electrons. The molecule has 0 aromatic heterocycles. The molecule has 1 amide bonds. The van der Waals surface area contributed by atoms with Crippen LogP contribution in [0.15, 0.2) is 42.5 Å². The van der Waals surface area contributed by atoms with E-state index < -0.39 is 0 Å². The number of aryl methyl sites for hydroxylation is 1. The molecule has 1 heterocycles. The van der Waals surface area contributed by atoms with E-state index in [2.05, 4.69) is 10.2 Å². The minimum atomic E-state index is -0.318. The number of aromatic hydroxyl groups is 1. The second-order valence-electron chi connectivity index (χ2n) is 5.62. The molecule has 2 aromatic carbocycles. The van der Waals surface area contributed by atoms with E-state index in [9.17, 15) is 9.90 Å². The number of rotatable bonds is 3. The van der Waals surface area contributed by atoms with Gasteiger partial charge in [0, 0.05) is 24.5 Å². The van der Waals surface area contributed by atoms with E-state index in [1.54, 1.807) is 18.2 Å². The molecule has 23 heavy (non-hydrogen) atoms. The van der Waals surface area contributed by atoms with Gasteiger partial charge in [-0.1, -0.05) is 6.07 Å². The van der Waals surface area contributed by atoms with Crippen LogP contribution in [0, 0.1) is 6.92 Å². The summed E-state index contributed by atoms with van der Waals surface area (Å²) in [6.45, 7) is 5.11. The molecule has 0 aliphatic carbocycles. The highest BCUT2D eigenvalue weighted by Gasteiger charge is 2.13. The van der Waals surface area contributed by atoms with Crippen molar-refractivity contribution in [3.8, 4) is 5.75 Å². The fraction of sp³-hybridized carbons (Fsp3) is 0.278. The normalized spacial score (nSPS) is 14.6. The summed E-state index contributed by atoms with van der Waals surface area (Å²) < 4.78 is 5.34. The standard InChI is InChI=1S/C18H20N2O3/c1-13-2-7-16(17(21)12-13)18(22)19-14-3-5-15(6-4-14)20-8-10-23-11-9-20/h2-7,12,21H,8-11H2,1H3,(H,19,22). The monoisotopic (exact) mass is 312 g/mol. The number of morpholine rings is 1. The number of anilines is 2. The average Bonchev–Trinajstić information content (AvgIpc) is 2.56. The Hall–Kier alpha value is -2.53. The Labute approximate surface area is 135 Å². The van der Waals surface area contributed by atoms with Gasteiger partial charge >= 0.3 is 0 Å². The van der Waals surface area contributed by atoms with Gasteiger partial charge in [-0.15, -0.1) is 0 Å². The Bertz CT molecular complexity index is 692. The number of benzene rings is 2.